The number of benzene rings is 2. The predicted molar refractivity (Wildman–Crippen MR) is 143 cm³/mol. The molecular weight excluding hydrogens is 436 g/mol. The van der Waals surface area contributed by atoms with Crippen LogP contribution in [0.15, 0.2) is 42.5 Å². The van der Waals surface area contributed by atoms with Crippen LogP contribution in [-0.2, 0) is 16.0 Å². The maximum atomic E-state index is 11.6. The lowest BCUT2D eigenvalue weighted by molar-refractivity contribution is -0.125. The first-order chi connectivity index (χ1) is 16.8. The summed E-state index contributed by atoms with van der Waals surface area (Å²) in [5, 5.41) is 1.08. The van der Waals surface area contributed by atoms with Gasteiger partial charge in [0.05, 0.1) is 30.5 Å². The summed E-state index contributed by atoms with van der Waals surface area (Å²) in [4.78, 5) is 20.5. The lowest BCUT2D eigenvalue weighted by Crippen LogP contribution is -2.39. The van der Waals surface area contributed by atoms with Gasteiger partial charge in [-0.3, -0.25) is 4.79 Å². The van der Waals surface area contributed by atoms with Gasteiger partial charge in [-0.25, -0.2) is 4.98 Å². The summed E-state index contributed by atoms with van der Waals surface area (Å²) >= 11 is 0. The second-order valence-corrected chi connectivity index (χ2v) is 11.0. The number of ether oxygens (including phenoxy) is 1. The van der Waals surface area contributed by atoms with Gasteiger partial charge < -0.3 is 20.3 Å². The van der Waals surface area contributed by atoms with Crippen LogP contribution >= 0.6 is 0 Å². The van der Waals surface area contributed by atoms with E-state index in [0.29, 0.717) is 19.0 Å². The number of hydrogen-bond acceptors (Lipinski definition) is 5. The van der Waals surface area contributed by atoms with E-state index in [4.69, 9.17) is 15.5 Å². The molecule has 0 saturated carbocycles. The molecule has 0 spiro atoms. The molecule has 1 atom stereocenters. The average molecular weight is 473 g/mol. The molecule has 2 saturated heterocycles. The van der Waals surface area contributed by atoms with Crippen LogP contribution in [-0.4, -0.2) is 49.1 Å². The summed E-state index contributed by atoms with van der Waals surface area (Å²) in [5.74, 6) is 0.564. The van der Waals surface area contributed by atoms with Crippen LogP contribution < -0.4 is 10.6 Å². The number of amides is 1. The minimum atomic E-state index is 0.140. The van der Waals surface area contributed by atoms with Crippen molar-refractivity contribution in [3.63, 3.8) is 0 Å². The van der Waals surface area contributed by atoms with Gasteiger partial charge in [-0.05, 0) is 65.1 Å². The highest BCUT2D eigenvalue weighted by molar-refractivity contribution is 5.91. The molecular formula is C29H36N4O2. The van der Waals surface area contributed by atoms with Crippen LogP contribution in [0.3, 0.4) is 0 Å². The Morgan fingerprint density at radius 2 is 1.91 bits per heavy atom. The van der Waals surface area contributed by atoms with E-state index in [2.05, 4.69) is 68.1 Å². The Morgan fingerprint density at radius 3 is 2.60 bits per heavy atom. The van der Waals surface area contributed by atoms with Crippen LogP contribution in [0.5, 0.6) is 0 Å². The van der Waals surface area contributed by atoms with Crippen LogP contribution in [0.25, 0.3) is 22.0 Å². The molecule has 2 aromatic carbocycles. The van der Waals surface area contributed by atoms with E-state index >= 15 is 0 Å². The molecule has 2 aliphatic heterocycles. The van der Waals surface area contributed by atoms with Gasteiger partial charge in [0.15, 0.2) is 0 Å². The van der Waals surface area contributed by atoms with E-state index in [-0.39, 0.29) is 11.5 Å². The highest BCUT2D eigenvalue weighted by Crippen LogP contribution is 2.41. The second kappa shape index (κ2) is 9.50. The number of carbonyl (C=O) groups excluding carboxylic acids is 1. The molecule has 1 amide bonds. The molecule has 3 aromatic rings. The minimum absolute atomic E-state index is 0.140. The quantitative estimate of drug-likeness (QED) is 0.499. The van der Waals surface area contributed by atoms with E-state index in [1.807, 2.05) is 4.90 Å². The van der Waals surface area contributed by atoms with E-state index < -0.39 is 0 Å². The SMILES string of the molecule is CC(C)(C)CCc1cccc(C2CCN2C=O)c1-c1ccc2nc(N)c(N3CCOCC3)cc2c1. The smallest absolute Gasteiger partial charge is 0.210 e. The van der Waals surface area contributed by atoms with Gasteiger partial charge in [0, 0.05) is 25.0 Å². The van der Waals surface area contributed by atoms with Crippen LogP contribution in [0.2, 0.25) is 0 Å². The number of rotatable bonds is 6. The van der Waals surface area contributed by atoms with Crippen molar-refractivity contribution in [2.75, 3.05) is 43.5 Å². The number of carbonyl (C=O) groups is 1. The summed E-state index contributed by atoms with van der Waals surface area (Å²) < 4.78 is 5.52. The summed E-state index contributed by atoms with van der Waals surface area (Å²) in [6, 6.07) is 15.4. The van der Waals surface area contributed by atoms with Crippen molar-refractivity contribution >= 4 is 28.8 Å². The Labute approximate surface area is 208 Å². The first-order valence-electron chi connectivity index (χ1n) is 12.7. The first-order valence-corrected chi connectivity index (χ1v) is 12.7. The molecule has 0 radical (unpaired) electrons. The Bertz CT molecular complexity index is 1230. The van der Waals surface area contributed by atoms with E-state index in [0.717, 1.165) is 61.9 Å². The summed E-state index contributed by atoms with van der Waals surface area (Å²) in [6.45, 7) is 10.7. The fourth-order valence-corrected chi connectivity index (χ4v) is 5.23. The molecule has 6 nitrogen and oxygen atoms in total. The summed E-state index contributed by atoms with van der Waals surface area (Å²) in [7, 11) is 0. The molecule has 6 heteroatoms. The maximum Gasteiger partial charge on any atom is 0.210 e. The van der Waals surface area contributed by atoms with Gasteiger partial charge in [-0.15, -0.1) is 0 Å². The van der Waals surface area contributed by atoms with Crippen molar-refractivity contribution in [3.05, 3.63) is 53.6 Å². The lowest BCUT2D eigenvalue weighted by atomic mass is 9.82. The molecule has 184 valence electrons. The molecule has 35 heavy (non-hydrogen) atoms. The highest BCUT2D eigenvalue weighted by Gasteiger charge is 2.31. The fraction of sp³-hybridized carbons (Fsp3) is 0.448. The number of likely N-dealkylation sites (tertiary alicyclic amines) is 1. The fourth-order valence-electron chi connectivity index (χ4n) is 5.23. The molecule has 1 unspecified atom stereocenters. The molecule has 2 N–H and O–H groups in total. The van der Waals surface area contributed by atoms with Crippen molar-refractivity contribution in [1.29, 1.82) is 0 Å². The second-order valence-electron chi connectivity index (χ2n) is 11.0. The Kier molecular flexibility index (Phi) is 6.41. The Balaban J connectivity index is 1.61. The first kappa shape index (κ1) is 23.6. The number of nitrogens with two attached hydrogens (primary N) is 1. The number of aryl methyl sites for hydroxylation is 1. The van der Waals surface area contributed by atoms with Crippen molar-refractivity contribution in [3.8, 4) is 11.1 Å². The molecule has 1 aromatic heterocycles. The van der Waals surface area contributed by atoms with Crippen LogP contribution in [0, 0.1) is 5.41 Å². The number of aromatic nitrogens is 1. The van der Waals surface area contributed by atoms with Gasteiger partial charge in [0.25, 0.3) is 0 Å². The van der Waals surface area contributed by atoms with E-state index in [1.165, 1.54) is 22.3 Å². The van der Waals surface area contributed by atoms with Crippen LogP contribution in [0.1, 0.15) is 50.8 Å². The minimum Gasteiger partial charge on any atom is -0.382 e. The average Bonchev–Trinajstić information content (AvgIpc) is 2.82. The molecule has 5 rings (SSSR count). The zero-order chi connectivity index (χ0) is 24.6. The van der Waals surface area contributed by atoms with Gasteiger partial charge in [0.1, 0.15) is 5.82 Å². The topological polar surface area (TPSA) is 71.7 Å². The largest absolute Gasteiger partial charge is 0.382 e. The van der Waals surface area contributed by atoms with E-state index in [1.54, 1.807) is 0 Å². The van der Waals surface area contributed by atoms with Crippen molar-refractivity contribution in [2.45, 2.75) is 46.1 Å². The molecule has 3 heterocycles. The molecule has 2 fully saturated rings. The standard InChI is InChI=1S/C29H36N4O2/c1-29(2,3)11-9-20-5-4-6-23(25-10-12-33(25)19-34)27(20)21-7-8-24-22(17-21)18-26(28(30)31-24)32-13-15-35-16-14-32/h4-8,17-19,25H,9-16H2,1-3H3,(H2,30,31). The Morgan fingerprint density at radius 1 is 1.11 bits per heavy atom. The highest BCUT2D eigenvalue weighted by atomic mass is 16.5. The third-order valence-electron chi connectivity index (χ3n) is 7.35. The van der Waals surface area contributed by atoms with Gasteiger partial charge >= 0.3 is 0 Å². The molecule has 2 aliphatic rings. The van der Waals surface area contributed by atoms with E-state index in [9.17, 15) is 4.79 Å². The lowest BCUT2D eigenvalue weighted by Gasteiger charge is -2.40. The number of anilines is 2. The number of nitrogen functional groups attached to an aromatic ring is 1. The van der Waals surface area contributed by atoms with Crippen molar-refractivity contribution in [2.24, 2.45) is 5.41 Å². The number of nitrogens with zero attached hydrogens (tertiary/aromatic N) is 3. The maximum absolute atomic E-state index is 11.6. The van der Waals surface area contributed by atoms with Crippen molar-refractivity contribution in [1.82, 2.24) is 9.88 Å². The number of fused-ring (bicyclic) bond motifs is 1. The predicted octanol–water partition coefficient (Wildman–Crippen LogP) is 5.20. The summed E-state index contributed by atoms with van der Waals surface area (Å²) in [6.07, 6.45) is 4.08. The zero-order valence-corrected chi connectivity index (χ0v) is 21.1. The zero-order valence-electron chi connectivity index (χ0n) is 21.1. The third kappa shape index (κ3) is 4.85. The molecule has 0 bridgehead atoms. The number of hydrogen-bond donors (Lipinski definition) is 1. The summed E-state index contributed by atoms with van der Waals surface area (Å²) in [5.41, 5.74) is 13.5. The van der Waals surface area contributed by atoms with Gasteiger partial charge in [-0.2, -0.15) is 0 Å². The number of pyridine rings is 1. The van der Waals surface area contributed by atoms with Gasteiger partial charge in [0.2, 0.25) is 6.41 Å². The molecule has 0 aliphatic carbocycles. The normalized spacial score (nSPS) is 18.5. The van der Waals surface area contributed by atoms with Crippen molar-refractivity contribution < 1.29 is 9.53 Å². The number of morpholine rings is 1. The Hall–Kier alpha value is -3.12. The van der Waals surface area contributed by atoms with Gasteiger partial charge in [-0.1, -0.05) is 45.0 Å². The third-order valence-corrected chi connectivity index (χ3v) is 7.35. The monoisotopic (exact) mass is 472 g/mol. The van der Waals surface area contributed by atoms with Crippen LogP contribution in [0.4, 0.5) is 11.5 Å².